The number of carbonyl (C=O) groups excluding carboxylic acids is 1. The first-order chi connectivity index (χ1) is 12.8. The summed E-state index contributed by atoms with van der Waals surface area (Å²) in [5.74, 6) is 0.0297. The molecule has 0 radical (unpaired) electrons. The summed E-state index contributed by atoms with van der Waals surface area (Å²) < 4.78 is 36.8. The molecular formula is C18H21ClN2O5S. The third kappa shape index (κ3) is 6.51. The van der Waals surface area contributed by atoms with E-state index >= 15 is 0 Å². The Balaban J connectivity index is 1.91. The Hall–Kier alpha value is -2.13. The zero-order valence-electron chi connectivity index (χ0n) is 15.0. The summed E-state index contributed by atoms with van der Waals surface area (Å²) in [6, 6.07) is 11.0. The highest BCUT2D eigenvalue weighted by atomic mass is 35.5. The van der Waals surface area contributed by atoms with E-state index in [0.717, 1.165) is 5.56 Å². The number of hydrogen-bond acceptors (Lipinski definition) is 5. The molecule has 2 N–H and O–H groups in total. The molecule has 0 bridgehead atoms. The summed E-state index contributed by atoms with van der Waals surface area (Å²) in [5, 5.41) is 3.24. The third-order valence-corrected chi connectivity index (χ3v) is 5.29. The molecule has 0 heterocycles. The van der Waals surface area contributed by atoms with Gasteiger partial charge in [0.1, 0.15) is 5.75 Å². The highest BCUT2D eigenvalue weighted by molar-refractivity contribution is 7.89. The predicted molar refractivity (Wildman–Crippen MR) is 104 cm³/mol. The average molecular weight is 413 g/mol. The molecule has 7 nitrogen and oxygen atoms in total. The minimum absolute atomic E-state index is 0.102. The lowest BCUT2D eigenvalue weighted by Gasteiger charge is -2.11. The Kier molecular flexibility index (Phi) is 7.61. The van der Waals surface area contributed by atoms with Crippen molar-refractivity contribution in [3.8, 4) is 5.75 Å². The first-order valence-corrected chi connectivity index (χ1v) is 9.95. The van der Waals surface area contributed by atoms with Gasteiger partial charge in [-0.1, -0.05) is 17.7 Å². The van der Waals surface area contributed by atoms with Crippen molar-refractivity contribution in [1.29, 1.82) is 0 Å². The Morgan fingerprint density at radius 1 is 1.15 bits per heavy atom. The zero-order valence-corrected chi connectivity index (χ0v) is 16.6. The van der Waals surface area contributed by atoms with Crippen LogP contribution < -0.4 is 14.8 Å². The van der Waals surface area contributed by atoms with Crippen LogP contribution in [0.3, 0.4) is 0 Å². The van der Waals surface area contributed by atoms with E-state index in [9.17, 15) is 13.2 Å². The van der Waals surface area contributed by atoms with Gasteiger partial charge in [0.2, 0.25) is 10.0 Å². The van der Waals surface area contributed by atoms with E-state index in [-0.39, 0.29) is 30.6 Å². The summed E-state index contributed by atoms with van der Waals surface area (Å²) in [5.41, 5.74) is 1.49. The largest absolute Gasteiger partial charge is 0.484 e. The van der Waals surface area contributed by atoms with Crippen molar-refractivity contribution < 1.29 is 22.7 Å². The minimum Gasteiger partial charge on any atom is -0.484 e. The first kappa shape index (κ1) is 21.2. The Labute approximate surface area is 163 Å². The SMILES string of the molecule is COCCNS(=O)(=O)c1ccc(OCC(=O)Nc2cc(Cl)ccc2C)cc1. The number of anilines is 1. The summed E-state index contributed by atoms with van der Waals surface area (Å²) in [4.78, 5) is 12.1. The number of hydrogen-bond donors (Lipinski definition) is 2. The molecule has 27 heavy (non-hydrogen) atoms. The Bertz CT molecular complexity index is 885. The molecule has 146 valence electrons. The molecule has 0 aliphatic heterocycles. The van der Waals surface area contributed by atoms with Gasteiger partial charge < -0.3 is 14.8 Å². The topological polar surface area (TPSA) is 93.7 Å². The fourth-order valence-corrected chi connectivity index (χ4v) is 3.33. The van der Waals surface area contributed by atoms with Crippen molar-refractivity contribution in [2.45, 2.75) is 11.8 Å². The van der Waals surface area contributed by atoms with E-state index in [0.29, 0.717) is 16.5 Å². The molecule has 2 rings (SSSR count). The molecule has 0 aliphatic carbocycles. The van der Waals surface area contributed by atoms with Crippen molar-refractivity contribution in [1.82, 2.24) is 4.72 Å². The average Bonchev–Trinajstić information content (AvgIpc) is 2.63. The van der Waals surface area contributed by atoms with Crippen molar-refractivity contribution in [3.63, 3.8) is 0 Å². The van der Waals surface area contributed by atoms with E-state index in [4.69, 9.17) is 21.1 Å². The smallest absolute Gasteiger partial charge is 0.262 e. The molecule has 0 aliphatic rings. The van der Waals surface area contributed by atoms with Gasteiger partial charge in [0.15, 0.2) is 6.61 Å². The standard InChI is InChI=1S/C18H21ClN2O5S/c1-13-3-4-14(19)11-17(13)21-18(22)12-26-15-5-7-16(8-6-15)27(23,24)20-9-10-25-2/h3-8,11,20H,9-10,12H2,1-2H3,(H,21,22). The van der Waals surface area contributed by atoms with Gasteiger partial charge in [-0.05, 0) is 48.9 Å². The van der Waals surface area contributed by atoms with Crippen LogP contribution >= 0.6 is 11.6 Å². The van der Waals surface area contributed by atoms with Crippen LogP contribution in [-0.2, 0) is 19.6 Å². The molecule has 0 atom stereocenters. The van der Waals surface area contributed by atoms with Gasteiger partial charge >= 0.3 is 0 Å². The summed E-state index contributed by atoms with van der Waals surface area (Å²) in [7, 11) is -2.12. The molecule has 1 amide bonds. The van der Waals surface area contributed by atoms with Gasteiger partial charge in [0, 0.05) is 24.4 Å². The van der Waals surface area contributed by atoms with Crippen LogP contribution in [0.4, 0.5) is 5.69 Å². The molecule has 2 aromatic carbocycles. The second-order valence-corrected chi connectivity index (χ2v) is 7.86. The lowest BCUT2D eigenvalue weighted by Crippen LogP contribution is -2.27. The Morgan fingerprint density at radius 2 is 1.85 bits per heavy atom. The molecule has 9 heteroatoms. The van der Waals surface area contributed by atoms with Gasteiger partial charge in [-0.25, -0.2) is 13.1 Å². The highest BCUT2D eigenvalue weighted by Crippen LogP contribution is 2.20. The van der Waals surface area contributed by atoms with E-state index in [1.165, 1.54) is 31.4 Å². The molecule has 0 fully saturated rings. The Morgan fingerprint density at radius 3 is 2.52 bits per heavy atom. The monoisotopic (exact) mass is 412 g/mol. The number of rotatable bonds is 9. The van der Waals surface area contributed by atoms with E-state index in [2.05, 4.69) is 10.0 Å². The number of carbonyl (C=O) groups is 1. The number of halogens is 1. The van der Waals surface area contributed by atoms with Crippen molar-refractivity contribution in [3.05, 3.63) is 53.1 Å². The fourth-order valence-electron chi connectivity index (χ4n) is 2.14. The quantitative estimate of drug-likeness (QED) is 0.617. The molecule has 0 aromatic heterocycles. The normalized spacial score (nSPS) is 11.2. The number of nitrogens with one attached hydrogen (secondary N) is 2. The third-order valence-electron chi connectivity index (χ3n) is 3.58. The molecular weight excluding hydrogens is 392 g/mol. The first-order valence-electron chi connectivity index (χ1n) is 8.09. The maximum Gasteiger partial charge on any atom is 0.262 e. The highest BCUT2D eigenvalue weighted by Gasteiger charge is 2.13. The summed E-state index contributed by atoms with van der Waals surface area (Å²) >= 11 is 5.92. The molecule has 0 unspecified atom stereocenters. The number of benzene rings is 2. The lowest BCUT2D eigenvalue weighted by atomic mass is 10.2. The number of ether oxygens (including phenoxy) is 2. The van der Waals surface area contributed by atoms with Crippen LogP contribution in [-0.4, -0.2) is 41.2 Å². The van der Waals surface area contributed by atoms with Crippen molar-refractivity contribution in [2.24, 2.45) is 0 Å². The van der Waals surface area contributed by atoms with Crippen molar-refractivity contribution >= 4 is 33.2 Å². The second kappa shape index (κ2) is 9.70. The van der Waals surface area contributed by atoms with Crippen LogP contribution in [0.25, 0.3) is 0 Å². The maximum absolute atomic E-state index is 12.1. The van der Waals surface area contributed by atoms with Gasteiger partial charge in [-0.15, -0.1) is 0 Å². The van der Waals surface area contributed by atoms with Gasteiger partial charge in [-0.3, -0.25) is 4.79 Å². The maximum atomic E-state index is 12.1. The van der Waals surface area contributed by atoms with Crippen LogP contribution in [0.15, 0.2) is 47.4 Å². The second-order valence-electron chi connectivity index (χ2n) is 5.66. The number of aryl methyl sites for hydroxylation is 1. The molecule has 0 saturated carbocycles. The molecule has 0 saturated heterocycles. The number of methoxy groups -OCH3 is 1. The van der Waals surface area contributed by atoms with Gasteiger partial charge in [-0.2, -0.15) is 0 Å². The number of sulfonamides is 1. The van der Waals surface area contributed by atoms with E-state index < -0.39 is 10.0 Å². The summed E-state index contributed by atoms with van der Waals surface area (Å²) in [6.45, 7) is 2.10. The van der Waals surface area contributed by atoms with Crippen LogP contribution in [0.5, 0.6) is 5.75 Å². The van der Waals surface area contributed by atoms with E-state index in [1.807, 2.05) is 6.92 Å². The zero-order chi connectivity index (χ0) is 19.9. The minimum atomic E-state index is -3.61. The molecule has 2 aromatic rings. The van der Waals surface area contributed by atoms with Gasteiger partial charge in [0.25, 0.3) is 5.91 Å². The van der Waals surface area contributed by atoms with Crippen LogP contribution in [0.1, 0.15) is 5.56 Å². The summed E-state index contributed by atoms with van der Waals surface area (Å²) in [6.07, 6.45) is 0. The predicted octanol–water partition coefficient (Wildman–Crippen LogP) is 2.59. The van der Waals surface area contributed by atoms with Crippen molar-refractivity contribution in [2.75, 3.05) is 32.2 Å². The fraction of sp³-hybridized carbons (Fsp3) is 0.278. The van der Waals surface area contributed by atoms with Crippen LogP contribution in [0.2, 0.25) is 5.02 Å². The van der Waals surface area contributed by atoms with E-state index in [1.54, 1.807) is 18.2 Å². The van der Waals surface area contributed by atoms with Gasteiger partial charge in [0.05, 0.1) is 11.5 Å². The van der Waals surface area contributed by atoms with Crippen LogP contribution in [0, 0.1) is 6.92 Å². The molecule has 0 spiro atoms. The lowest BCUT2D eigenvalue weighted by molar-refractivity contribution is -0.118. The number of amides is 1.